The van der Waals surface area contributed by atoms with Gasteiger partial charge in [0.1, 0.15) is 0 Å². The lowest BCUT2D eigenvalue weighted by Crippen LogP contribution is -2.48. The first-order valence-corrected chi connectivity index (χ1v) is 15.4. The highest BCUT2D eigenvalue weighted by molar-refractivity contribution is 7.83. The van der Waals surface area contributed by atoms with E-state index in [1.54, 1.807) is 0 Å². The van der Waals surface area contributed by atoms with Crippen LogP contribution < -0.4 is 20.3 Å². The molecule has 0 saturated carbocycles. The van der Waals surface area contributed by atoms with Crippen LogP contribution in [0.5, 0.6) is 0 Å². The molecule has 0 radical (unpaired) electrons. The predicted molar refractivity (Wildman–Crippen MR) is 112 cm³/mol. The third kappa shape index (κ3) is 3.58. The molecule has 4 N–H and O–H groups in total. The van der Waals surface area contributed by atoms with E-state index in [-0.39, 0.29) is 0 Å². The standard InChI is InChI=1S/C14H28F4N9P3/c15-13(16)11-21-28(22-12-14(13,17)18)23-29-19-5-3-9-26(29)7-1-2-8-27-10-4-6-20-30(27,24-28)25-29/h19-22H,1-12H2. The first kappa shape index (κ1) is 22.0. The van der Waals surface area contributed by atoms with Crippen LogP contribution in [0.15, 0.2) is 13.5 Å². The molecule has 5 heterocycles. The average molecular weight is 491 g/mol. The van der Waals surface area contributed by atoms with Gasteiger partial charge in [0.2, 0.25) is 22.5 Å². The van der Waals surface area contributed by atoms with Gasteiger partial charge in [-0.15, -0.1) is 0 Å². The Kier molecular flexibility index (Phi) is 5.57. The Hall–Kier alpha value is 0.170. The van der Waals surface area contributed by atoms with Gasteiger partial charge in [0.25, 0.3) is 0 Å². The smallest absolute Gasteiger partial charge is 0.253 e. The number of rotatable bonds is 0. The van der Waals surface area contributed by atoms with Gasteiger partial charge < -0.3 is 0 Å². The third-order valence-corrected chi connectivity index (χ3v) is 17.0. The largest absolute Gasteiger partial charge is 0.324 e. The highest BCUT2D eigenvalue weighted by Crippen LogP contribution is 2.76. The fourth-order valence-corrected chi connectivity index (χ4v) is 17.8. The third-order valence-electron chi connectivity index (χ3n) is 6.04. The van der Waals surface area contributed by atoms with Crippen LogP contribution in [0.4, 0.5) is 17.6 Å². The van der Waals surface area contributed by atoms with Crippen LogP contribution in [0, 0.1) is 0 Å². The molecular weight excluding hydrogens is 463 g/mol. The predicted octanol–water partition coefficient (Wildman–Crippen LogP) is 3.69. The maximum Gasteiger partial charge on any atom is 0.324 e. The van der Waals surface area contributed by atoms with Crippen molar-refractivity contribution >= 4 is 22.5 Å². The molecule has 30 heavy (non-hydrogen) atoms. The van der Waals surface area contributed by atoms with Crippen LogP contribution in [0.25, 0.3) is 0 Å². The highest BCUT2D eigenvalue weighted by atomic mass is 31.3. The molecule has 3 fully saturated rings. The van der Waals surface area contributed by atoms with Crippen molar-refractivity contribution in [1.82, 2.24) is 29.7 Å². The van der Waals surface area contributed by atoms with E-state index in [9.17, 15) is 17.6 Å². The average Bonchev–Trinajstić information content (AvgIpc) is 2.75. The van der Waals surface area contributed by atoms with Crippen molar-refractivity contribution in [3.63, 3.8) is 0 Å². The van der Waals surface area contributed by atoms with Crippen molar-refractivity contribution in [3.8, 4) is 0 Å². The first-order valence-electron chi connectivity index (χ1n) is 10.4. The Balaban J connectivity index is 1.71. The summed E-state index contributed by atoms with van der Waals surface area (Å²) in [5, 5.41) is 12.4. The van der Waals surface area contributed by atoms with Crippen molar-refractivity contribution in [3.05, 3.63) is 0 Å². The zero-order valence-corrected chi connectivity index (χ0v) is 19.3. The van der Waals surface area contributed by atoms with Crippen molar-refractivity contribution in [1.29, 1.82) is 0 Å². The number of nitrogens with one attached hydrogen (secondary N) is 4. The van der Waals surface area contributed by atoms with Gasteiger partial charge in [0.05, 0.1) is 13.1 Å². The van der Waals surface area contributed by atoms with Crippen molar-refractivity contribution in [2.75, 3.05) is 52.4 Å². The zero-order valence-electron chi connectivity index (χ0n) is 16.6. The van der Waals surface area contributed by atoms with Gasteiger partial charge in [-0.3, -0.25) is 10.2 Å². The van der Waals surface area contributed by atoms with Crippen LogP contribution in [-0.4, -0.2) is 73.5 Å². The topological polar surface area (TPSA) is 91.7 Å². The van der Waals surface area contributed by atoms with Crippen LogP contribution in [0.3, 0.4) is 0 Å². The molecule has 3 saturated heterocycles. The van der Waals surface area contributed by atoms with Gasteiger partial charge >= 0.3 is 11.8 Å². The Morgan fingerprint density at radius 2 is 1.07 bits per heavy atom. The summed E-state index contributed by atoms with van der Waals surface area (Å²) in [6.07, 6.45) is 3.84. The molecule has 0 aromatic rings. The molecule has 0 aromatic carbocycles. The SMILES string of the molecule is FC1(F)CNP2(=NP34=NP5(=N2)NCCCN5CCCCN3CCCN4)NCC1(F)F. The van der Waals surface area contributed by atoms with Gasteiger partial charge in [-0.1, -0.05) is 0 Å². The number of hydrogen-bond donors (Lipinski definition) is 4. The lowest BCUT2D eigenvalue weighted by atomic mass is 10.2. The van der Waals surface area contributed by atoms with E-state index in [0.717, 1.165) is 51.9 Å². The van der Waals surface area contributed by atoms with Crippen LogP contribution in [0.2, 0.25) is 0 Å². The van der Waals surface area contributed by atoms with Crippen LogP contribution in [-0.2, 0) is 0 Å². The summed E-state index contributed by atoms with van der Waals surface area (Å²) in [4.78, 5) is 0. The van der Waals surface area contributed by atoms with Crippen molar-refractivity contribution < 1.29 is 17.6 Å². The molecule has 0 aliphatic carbocycles. The Bertz CT molecular complexity index is 835. The van der Waals surface area contributed by atoms with E-state index < -0.39 is 47.5 Å². The molecule has 3 spiro atoms. The summed E-state index contributed by atoms with van der Waals surface area (Å²) >= 11 is 0. The van der Waals surface area contributed by atoms with E-state index in [4.69, 9.17) is 13.5 Å². The molecule has 2 unspecified atom stereocenters. The second kappa shape index (κ2) is 7.61. The Morgan fingerprint density at radius 3 is 1.60 bits per heavy atom. The van der Waals surface area contributed by atoms with Gasteiger partial charge in [0.15, 0.2) is 0 Å². The number of halogens is 4. The lowest BCUT2D eigenvalue weighted by Gasteiger charge is -2.46. The highest BCUT2D eigenvalue weighted by Gasteiger charge is 2.59. The molecule has 0 aromatic heterocycles. The fourth-order valence-electron chi connectivity index (χ4n) is 4.35. The number of alkyl halides is 4. The van der Waals surface area contributed by atoms with Crippen LogP contribution >= 0.6 is 22.5 Å². The van der Waals surface area contributed by atoms with E-state index in [2.05, 4.69) is 29.7 Å². The minimum Gasteiger partial charge on any atom is -0.253 e. The molecule has 5 aliphatic rings. The Morgan fingerprint density at radius 1 is 0.600 bits per heavy atom. The monoisotopic (exact) mass is 491 g/mol. The van der Waals surface area contributed by atoms with Gasteiger partial charge in [-0.05, 0) is 25.7 Å². The summed E-state index contributed by atoms with van der Waals surface area (Å²) in [6.45, 7) is 2.32. The number of hydrogen-bond acceptors (Lipinski definition) is 9. The molecule has 16 heteroatoms. The maximum atomic E-state index is 14.2. The minimum absolute atomic E-state index is 0.712. The number of nitrogens with zero attached hydrogens (tertiary/aromatic N) is 5. The molecular formula is C14H28F4N9P3. The van der Waals surface area contributed by atoms with E-state index in [1.807, 2.05) is 0 Å². The molecule has 5 rings (SSSR count). The second-order valence-corrected chi connectivity index (χ2v) is 16.2. The summed E-state index contributed by atoms with van der Waals surface area (Å²) < 4.78 is 76.3. The summed E-state index contributed by atoms with van der Waals surface area (Å²) in [6, 6.07) is 0. The van der Waals surface area contributed by atoms with Gasteiger partial charge in [-0.2, -0.15) is 31.1 Å². The quantitative estimate of drug-likeness (QED) is 0.305. The molecule has 9 nitrogen and oxygen atoms in total. The van der Waals surface area contributed by atoms with E-state index >= 15 is 0 Å². The normalized spacial score (nSPS) is 40.8. The fraction of sp³-hybridized carbons (Fsp3) is 1.00. The molecule has 2 atom stereocenters. The molecule has 0 amide bonds. The first-order chi connectivity index (χ1) is 14.2. The Labute approximate surface area is 173 Å². The van der Waals surface area contributed by atoms with Crippen molar-refractivity contribution in [2.24, 2.45) is 13.5 Å². The second-order valence-electron chi connectivity index (χ2n) is 8.22. The van der Waals surface area contributed by atoms with E-state index in [0.29, 0.717) is 13.1 Å². The zero-order chi connectivity index (χ0) is 21.1. The summed E-state index contributed by atoms with van der Waals surface area (Å²) in [5.41, 5.74) is 0. The maximum absolute atomic E-state index is 14.2. The molecule has 2 bridgehead atoms. The van der Waals surface area contributed by atoms with Crippen LogP contribution in [0.1, 0.15) is 25.7 Å². The van der Waals surface area contributed by atoms with Crippen molar-refractivity contribution in [2.45, 2.75) is 37.5 Å². The van der Waals surface area contributed by atoms with E-state index in [1.165, 1.54) is 0 Å². The van der Waals surface area contributed by atoms with Gasteiger partial charge in [0, 0.05) is 39.3 Å². The molecule has 172 valence electrons. The molecule has 5 aliphatic heterocycles. The van der Waals surface area contributed by atoms with Gasteiger partial charge in [-0.25, -0.2) is 19.5 Å². The summed E-state index contributed by atoms with van der Waals surface area (Å²) in [7, 11) is -8.56. The summed E-state index contributed by atoms with van der Waals surface area (Å²) in [5.74, 6) is -8.35. The minimum atomic E-state index is -4.17. The lowest BCUT2D eigenvalue weighted by molar-refractivity contribution is -0.196.